The molecule has 0 aliphatic heterocycles. The van der Waals surface area contributed by atoms with Gasteiger partial charge in [0.2, 0.25) is 0 Å². The summed E-state index contributed by atoms with van der Waals surface area (Å²) in [6.07, 6.45) is 0. The highest BCUT2D eigenvalue weighted by molar-refractivity contribution is 6.22. The summed E-state index contributed by atoms with van der Waals surface area (Å²) in [4.78, 5) is 13.5. The van der Waals surface area contributed by atoms with Gasteiger partial charge in [-0.3, -0.25) is 0 Å². The van der Waals surface area contributed by atoms with E-state index < -0.39 is 0 Å². The summed E-state index contributed by atoms with van der Waals surface area (Å²) in [6.45, 7) is 0. The maximum atomic E-state index is 13.5. The van der Waals surface area contributed by atoms with Crippen LogP contribution in [0.5, 0.6) is 0 Å². The van der Waals surface area contributed by atoms with Crippen LogP contribution >= 0.6 is 0 Å². The third-order valence-electron chi connectivity index (χ3n) is 9.25. The number of esters is 1. The van der Waals surface area contributed by atoms with Crippen LogP contribution in [0.25, 0.3) is 77.6 Å². The Hall–Kier alpha value is -6.26. The maximum absolute atomic E-state index is 13.5. The molecule has 0 spiro atoms. The Morgan fingerprint density at radius 1 is 0.574 bits per heavy atom. The van der Waals surface area contributed by atoms with Gasteiger partial charge in [-0.1, -0.05) is 133 Å². The molecule has 9 rings (SSSR count). The first kappa shape index (κ1) is 27.1. The molecular formula is C43H29N2O2+. The van der Waals surface area contributed by atoms with Gasteiger partial charge >= 0.3 is 11.6 Å². The number of fused-ring (bicyclic) bond motifs is 3. The Morgan fingerprint density at radius 2 is 1.06 bits per heavy atom. The van der Waals surface area contributed by atoms with Gasteiger partial charge in [0.25, 0.3) is 0 Å². The zero-order chi connectivity index (χ0) is 31.5. The van der Waals surface area contributed by atoms with Gasteiger partial charge in [0, 0.05) is 33.0 Å². The molecule has 3 aromatic heterocycles. The van der Waals surface area contributed by atoms with Crippen LogP contribution in [0.4, 0.5) is 0 Å². The number of pyridine rings is 2. The lowest BCUT2D eigenvalue weighted by molar-refractivity contribution is -0.466. The number of carbonyl (C=O) groups is 1. The van der Waals surface area contributed by atoms with Gasteiger partial charge < -0.3 is 4.74 Å². The molecule has 0 aliphatic carbocycles. The van der Waals surface area contributed by atoms with E-state index >= 15 is 0 Å². The molecule has 4 nitrogen and oxygen atoms in total. The molecule has 222 valence electrons. The summed E-state index contributed by atoms with van der Waals surface area (Å²) in [5, 5.41) is 3.08. The summed E-state index contributed by atoms with van der Waals surface area (Å²) in [5.41, 5.74) is 12.4. The van der Waals surface area contributed by atoms with E-state index in [0.29, 0.717) is 5.56 Å². The average molecular weight is 606 g/mol. The van der Waals surface area contributed by atoms with Crippen molar-refractivity contribution in [3.05, 3.63) is 163 Å². The zero-order valence-electron chi connectivity index (χ0n) is 25.7. The molecule has 0 radical (unpaired) electrons. The second-order valence-corrected chi connectivity index (χ2v) is 11.8. The van der Waals surface area contributed by atoms with Gasteiger partial charge in [-0.25, -0.2) is 4.79 Å². The second-order valence-electron chi connectivity index (χ2n) is 11.8. The minimum Gasteiger partial charge on any atom is -0.465 e. The number of hydrogen-bond acceptors (Lipinski definition) is 2. The Bertz CT molecular complexity index is 2420. The first-order valence-corrected chi connectivity index (χ1v) is 15.8. The Kier molecular flexibility index (Phi) is 6.15. The molecule has 0 saturated heterocycles. The first-order chi connectivity index (χ1) is 23.2. The number of methoxy groups -OCH3 is 1. The normalized spacial score (nSPS) is 11.6. The number of carbonyl (C=O) groups excluding carboxylic acids is 1. The van der Waals surface area contributed by atoms with Crippen LogP contribution in [0.2, 0.25) is 0 Å². The lowest BCUT2D eigenvalue weighted by atomic mass is 9.87. The predicted octanol–water partition coefficient (Wildman–Crippen LogP) is 9.88. The number of imidazole rings is 1. The van der Waals surface area contributed by atoms with Crippen LogP contribution in [-0.2, 0) is 4.74 Å². The van der Waals surface area contributed by atoms with Crippen molar-refractivity contribution < 1.29 is 13.9 Å². The van der Waals surface area contributed by atoms with Crippen molar-refractivity contribution in [1.29, 1.82) is 0 Å². The van der Waals surface area contributed by atoms with Crippen molar-refractivity contribution in [1.82, 2.24) is 4.40 Å². The molecule has 0 fully saturated rings. The maximum Gasteiger partial charge on any atom is 0.337 e. The smallest absolute Gasteiger partial charge is 0.337 e. The van der Waals surface area contributed by atoms with Gasteiger partial charge in [-0.05, 0) is 35.4 Å². The molecule has 9 aromatic rings. The predicted molar refractivity (Wildman–Crippen MR) is 190 cm³/mol. The Labute approximate surface area is 271 Å². The summed E-state index contributed by atoms with van der Waals surface area (Å²) in [7, 11) is 1.45. The minimum absolute atomic E-state index is 0.365. The van der Waals surface area contributed by atoms with E-state index in [0.717, 1.165) is 77.6 Å². The van der Waals surface area contributed by atoms with Crippen LogP contribution < -0.4 is 4.40 Å². The number of benzene rings is 6. The van der Waals surface area contributed by atoms with Gasteiger partial charge in [-0.2, -0.15) is 8.80 Å². The van der Waals surface area contributed by atoms with Crippen LogP contribution in [-0.4, -0.2) is 17.5 Å². The number of ether oxygens (including phenoxy) is 1. The van der Waals surface area contributed by atoms with Crippen molar-refractivity contribution in [2.24, 2.45) is 0 Å². The molecule has 0 saturated carbocycles. The average Bonchev–Trinajstić information content (AvgIpc) is 3.49. The Morgan fingerprint density at radius 3 is 1.66 bits per heavy atom. The quantitative estimate of drug-likeness (QED) is 0.145. The fraction of sp³-hybridized carbons (Fsp3) is 0.0233. The first-order valence-electron chi connectivity index (χ1n) is 15.8. The summed E-state index contributed by atoms with van der Waals surface area (Å²) < 4.78 is 10.2. The molecule has 0 atom stereocenters. The van der Waals surface area contributed by atoms with Crippen molar-refractivity contribution in [3.8, 4) is 44.8 Å². The van der Waals surface area contributed by atoms with Gasteiger partial charge in [0.15, 0.2) is 11.0 Å². The number of para-hydroxylation sites is 2. The highest BCUT2D eigenvalue weighted by Gasteiger charge is 2.35. The molecule has 0 unspecified atom stereocenters. The number of hydrogen-bond donors (Lipinski definition) is 0. The van der Waals surface area contributed by atoms with E-state index in [9.17, 15) is 4.79 Å². The standard InChI is InChI=1S/C43H29N2O2/c1-47-43(46)32-26-33-37(28-16-6-2-7-17-28)40(30-20-10-4-11-21-30)44-35-24-14-15-25-36(35)45-41(31-22-12-5-13-23-31)38(29-18-8-3-9-19-29)34(27-32)39(33)42(44)45/h2-27H,1H3/q+1. The molecule has 47 heavy (non-hydrogen) atoms. The van der Waals surface area contributed by atoms with Crippen molar-refractivity contribution >= 4 is 38.8 Å². The van der Waals surface area contributed by atoms with E-state index in [4.69, 9.17) is 4.74 Å². The van der Waals surface area contributed by atoms with E-state index in [2.05, 4.69) is 142 Å². The van der Waals surface area contributed by atoms with Gasteiger partial charge in [-0.15, -0.1) is 0 Å². The van der Waals surface area contributed by atoms with E-state index in [1.807, 2.05) is 24.3 Å². The van der Waals surface area contributed by atoms with Crippen LogP contribution in [0, 0.1) is 0 Å². The highest BCUT2D eigenvalue weighted by atomic mass is 16.5. The van der Waals surface area contributed by atoms with Crippen molar-refractivity contribution in [2.45, 2.75) is 0 Å². The highest BCUT2D eigenvalue weighted by Crippen LogP contribution is 2.47. The van der Waals surface area contributed by atoms with Gasteiger partial charge in [0.1, 0.15) is 11.4 Å². The van der Waals surface area contributed by atoms with E-state index in [-0.39, 0.29) is 5.97 Å². The fourth-order valence-electron chi connectivity index (χ4n) is 7.37. The monoisotopic (exact) mass is 605 g/mol. The second kappa shape index (κ2) is 10.7. The molecule has 0 N–H and O–H groups in total. The molecular weight excluding hydrogens is 576 g/mol. The third kappa shape index (κ3) is 4.01. The van der Waals surface area contributed by atoms with Crippen molar-refractivity contribution in [3.63, 3.8) is 0 Å². The van der Waals surface area contributed by atoms with Crippen molar-refractivity contribution in [2.75, 3.05) is 7.11 Å². The molecule has 0 aliphatic rings. The van der Waals surface area contributed by atoms with Crippen LogP contribution in [0.15, 0.2) is 158 Å². The fourth-order valence-corrected chi connectivity index (χ4v) is 7.37. The van der Waals surface area contributed by atoms with Gasteiger partial charge in [0.05, 0.1) is 18.1 Å². The summed E-state index contributed by atoms with van der Waals surface area (Å²) >= 11 is 0. The molecule has 3 heterocycles. The van der Waals surface area contributed by atoms with Crippen LogP contribution in [0.3, 0.4) is 0 Å². The molecule has 6 aromatic carbocycles. The topological polar surface area (TPSA) is 34.8 Å². The minimum atomic E-state index is -0.365. The van der Waals surface area contributed by atoms with E-state index in [1.165, 1.54) is 7.11 Å². The number of aromatic nitrogens is 2. The SMILES string of the molecule is COC(=O)c1cc2c(-c3ccccc3)c(-c3ccccc3)n3c4ccccc4[n+]4c(-c5ccccc5)c(-c5ccccc5)c(c1)c2c34. The Balaban J connectivity index is 1.67. The lowest BCUT2D eigenvalue weighted by Gasteiger charge is -2.19. The van der Waals surface area contributed by atoms with Crippen LogP contribution in [0.1, 0.15) is 10.4 Å². The molecule has 0 amide bonds. The largest absolute Gasteiger partial charge is 0.465 e. The number of nitrogens with zero attached hydrogens (tertiary/aromatic N) is 2. The lowest BCUT2D eigenvalue weighted by Crippen LogP contribution is -2.26. The number of rotatable bonds is 5. The summed E-state index contributed by atoms with van der Waals surface area (Å²) in [5.74, 6) is -0.365. The third-order valence-corrected chi connectivity index (χ3v) is 9.25. The molecule has 4 heteroatoms. The summed E-state index contributed by atoms with van der Waals surface area (Å²) in [6, 6.07) is 54.9. The molecule has 0 bridgehead atoms. The zero-order valence-corrected chi connectivity index (χ0v) is 25.7. The van der Waals surface area contributed by atoms with E-state index in [1.54, 1.807) is 0 Å².